The van der Waals surface area contributed by atoms with Crippen LogP contribution in [0, 0.1) is 6.92 Å². The molecule has 0 aromatic heterocycles. The molecule has 1 aliphatic rings. The summed E-state index contributed by atoms with van der Waals surface area (Å²) in [5, 5.41) is 11.0. The molecular formula is C22H20O2S. The monoisotopic (exact) mass is 348 g/mol. The van der Waals surface area contributed by atoms with Crippen LogP contribution >= 0.6 is 0 Å². The Morgan fingerprint density at radius 2 is 1.40 bits per heavy atom. The van der Waals surface area contributed by atoms with Gasteiger partial charge in [-0.3, -0.25) is 4.21 Å². The highest BCUT2D eigenvalue weighted by atomic mass is 32.2. The molecule has 2 nitrogen and oxygen atoms in total. The van der Waals surface area contributed by atoms with Crippen molar-refractivity contribution in [2.24, 2.45) is 0 Å². The van der Waals surface area contributed by atoms with Crippen LogP contribution < -0.4 is 0 Å². The fraction of sp³-hybridized carbons (Fsp3) is 0.182. The van der Waals surface area contributed by atoms with Gasteiger partial charge in [-0.05, 0) is 41.3 Å². The number of rotatable bonds is 3. The van der Waals surface area contributed by atoms with Gasteiger partial charge in [0.15, 0.2) is 0 Å². The highest BCUT2D eigenvalue weighted by molar-refractivity contribution is 7.85. The molecule has 3 aromatic carbocycles. The molecule has 0 aliphatic heterocycles. The fourth-order valence-electron chi connectivity index (χ4n) is 3.58. The molecule has 0 saturated heterocycles. The highest BCUT2D eigenvalue weighted by Crippen LogP contribution is 2.46. The maximum atomic E-state index is 12.9. The standard InChI is InChI=1S/C22H20O2S/c1-15-10-12-16(13-11-15)25(24)14-21-19-8-3-2-6-17(19)18-7-4-5-9-20(18)22(21)23/h2-13,21-23H,14H2,1H3/t21-,22-,25?/m0/s1. The van der Waals surface area contributed by atoms with Gasteiger partial charge in [0.1, 0.15) is 0 Å². The van der Waals surface area contributed by atoms with E-state index in [1.165, 1.54) is 0 Å². The van der Waals surface area contributed by atoms with Gasteiger partial charge in [0.25, 0.3) is 0 Å². The number of aliphatic hydroxyl groups is 1. The molecule has 4 rings (SSSR count). The van der Waals surface area contributed by atoms with E-state index >= 15 is 0 Å². The van der Waals surface area contributed by atoms with Crippen LogP contribution in [0.1, 0.15) is 28.7 Å². The predicted octanol–water partition coefficient (Wildman–Crippen LogP) is 4.60. The Morgan fingerprint density at radius 3 is 2.08 bits per heavy atom. The third-order valence-corrected chi connectivity index (χ3v) is 6.39. The minimum absolute atomic E-state index is 0.173. The van der Waals surface area contributed by atoms with Crippen LogP contribution in [0.3, 0.4) is 0 Å². The van der Waals surface area contributed by atoms with Gasteiger partial charge in [-0.2, -0.15) is 0 Å². The summed E-state index contributed by atoms with van der Waals surface area (Å²) in [5.74, 6) is 0.239. The van der Waals surface area contributed by atoms with Gasteiger partial charge in [-0.1, -0.05) is 66.2 Å². The summed E-state index contributed by atoms with van der Waals surface area (Å²) in [7, 11) is -1.15. The molecule has 3 heteroatoms. The first kappa shape index (κ1) is 16.2. The predicted molar refractivity (Wildman–Crippen MR) is 102 cm³/mol. The zero-order chi connectivity index (χ0) is 17.4. The van der Waals surface area contributed by atoms with Gasteiger partial charge in [-0.15, -0.1) is 0 Å². The third-order valence-electron chi connectivity index (χ3n) is 4.93. The Labute approximate surface area is 150 Å². The average molecular weight is 348 g/mol. The van der Waals surface area contributed by atoms with E-state index in [9.17, 15) is 9.32 Å². The SMILES string of the molecule is Cc1ccc(S(=O)C[C@H]2c3ccccc3-c3ccccc3[C@@H]2O)cc1. The maximum absolute atomic E-state index is 12.9. The number of aliphatic hydroxyl groups excluding tert-OH is 1. The molecule has 25 heavy (non-hydrogen) atoms. The summed E-state index contributed by atoms with van der Waals surface area (Å²) < 4.78 is 12.9. The molecule has 0 spiro atoms. The van der Waals surface area contributed by atoms with Crippen LogP contribution in [0.15, 0.2) is 77.7 Å². The molecule has 126 valence electrons. The smallest absolute Gasteiger partial charge is 0.0873 e. The highest BCUT2D eigenvalue weighted by Gasteiger charge is 2.33. The number of benzene rings is 3. The normalized spacial score (nSPS) is 19.8. The van der Waals surface area contributed by atoms with Crippen molar-refractivity contribution in [2.75, 3.05) is 5.75 Å². The largest absolute Gasteiger partial charge is 0.388 e. The second-order valence-corrected chi connectivity index (χ2v) is 8.05. The lowest BCUT2D eigenvalue weighted by atomic mass is 9.77. The van der Waals surface area contributed by atoms with Crippen LogP contribution in [0.25, 0.3) is 11.1 Å². The zero-order valence-corrected chi connectivity index (χ0v) is 14.9. The summed E-state index contributed by atoms with van der Waals surface area (Å²) in [6.07, 6.45) is -0.638. The second kappa shape index (κ2) is 6.58. The van der Waals surface area contributed by atoms with Crippen molar-refractivity contribution in [3.63, 3.8) is 0 Å². The van der Waals surface area contributed by atoms with Crippen molar-refractivity contribution in [3.8, 4) is 11.1 Å². The van der Waals surface area contributed by atoms with Gasteiger partial charge in [-0.25, -0.2) is 0 Å². The summed E-state index contributed by atoms with van der Waals surface area (Å²) in [6.45, 7) is 2.02. The molecule has 0 saturated carbocycles. The minimum Gasteiger partial charge on any atom is -0.388 e. The second-order valence-electron chi connectivity index (χ2n) is 6.55. The number of fused-ring (bicyclic) bond motifs is 3. The van der Waals surface area contributed by atoms with Gasteiger partial charge in [0, 0.05) is 16.6 Å². The first-order chi connectivity index (χ1) is 12.1. The third kappa shape index (κ3) is 2.94. The van der Waals surface area contributed by atoms with Crippen LogP contribution in [-0.2, 0) is 10.8 Å². The molecule has 1 N–H and O–H groups in total. The first-order valence-electron chi connectivity index (χ1n) is 8.46. The van der Waals surface area contributed by atoms with Gasteiger partial charge >= 0.3 is 0 Å². The van der Waals surface area contributed by atoms with Crippen molar-refractivity contribution in [1.29, 1.82) is 0 Å². The summed E-state index contributed by atoms with van der Waals surface area (Å²) >= 11 is 0. The Bertz CT molecular complexity index is 931. The topological polar surface area (TPSA) is 37.3 Å². The lowest BCUT2D eigenvalue weighted by Crippen LogP contribution is -2.22. The molecule has 1 unspecified atom stereocenters. The van der Waals surface area contributed by atoms with E-state index in [2.05, 4.69) is 6.07 Å². The van der Waals surface area contributed by atoms with Crippen LogP contribution in [0.2, 0.25) is 0 Å². The van der Waals surface area contributed by atoms with Crippen LogP contribution in [0.5, 0.6) is 0 Å². The van der Waals surface area contributed by atoms with Crippen molar-refractivity contribution in [1.82, 2.24) is 0 Å². The minimum atomic E-state index is -1.15. The molecule has 0 radical (unpaired) electrons. The van der Waals surface area contributed by atoms with Gasteiger partial charge < -0.3 is 5.11 Å². The number of aryl methyl sites for hydroxylation is 1. The Balaban J connectivity index is 1.73. The molecule has 3 aromatic rings. The van der Waals surface area contributed by atoms with E-state index < -0.39 is 16.9 Å². The first-order valence-corrected chi connectivity index (χ1v) is 9.78. The summed E-state index contributed by atoms with van der Waals surface area (Å²) in [6, 6.07) is 23.9. The zero-order valence-electron chi connectivity index (χ0n) is 14.1. The molecule has 3 atom stereocenters. The van der Waals surface area contributed by atoms with Crippen LogP contribution in [0.4, 0.5) is 0 Å². The Morgan fingerprint density at radius 1 is 0.840 bits per heavy atom. The van der Waals surface area contributed by atoms with Crippen molar-refractivity contribution in [2.45, 2.75) is 23.8 Å². The van der Waals surface area contributed by atoms with Crippen molar-refractivity contribution >= 4 is 10.8 Å². The molecule has 0 bridgehead atoms. The Kier molecular flexibility index (Phi) is 4.28. The van der Waals surface area contributed by atoms with E-state index in [1.807, 2.05) is 73.7 Å². The van der Waals surface area contributed by atoms with E-state index in [-0.39, 0.29) is 5.92 Å². The van der Waals surface area contributed by atoms with Crippen LogP contribution in [-0.4, -0.2) is 15.1 Å². The van der Waals surface area contributed by atoms with E-state index in [4.69, 9.17) is 0 Å². The van der Waals surface area contributed by atoms with E-state index in [1.54, 1.807) is 0 Å². The maximum Gasteiger partial charge on any atom is 0.0873 e. The molecule has 0 heterocycles. The lowest BCUT2D eigenvalue weighted by Gasteiger charge is -2.32. The van der Waals surface area contributed by atoms with E-state index in [0.29, 0.717) is 5.75 Å². The van der Waals surface area contributed by atoms with E-state index in [0.717, 1.165) is 32.7 Å². The molecule has 0 fully saturated rings. The van der Waals surface area contributed by atoms with Gasteiger partial charge in [0.05, 0.1) is 16.9 Å². The summed E-state index contributed by atoms with van der Waals surface area (Å²) in [4.78, 5) is 0.814. The number of hydrogen-bond acceptors (Lipinski definition) is 2. The van der Waals surface area contributed by atoms with Crippen molar-refractivity contribution < 1.29 is 9.32 Å². The molecule has 1 aliphatic carbocycles. The van der Waals surface area contributed by atoms with Crippen molar-refractivity contribution in [3.05, 3.63) is 89.5 Å². The molecule has 0 amide bonds. The fourth-order valence-corrected chi connectivity index (χ4v) is 4.90. The Hall–Kier alpha value is -2.23. The number of hydrogen-bond donors (Lipinski definition) is 1. The lowest BCUT2D eigenvalue weighted by molar-refractivity contribution is 0.151. The van der Waals surface area contributed by atoms with Gasteiger partial charge in [0.2, 0.25) is 0 Å². The quantitative estimate of drug-likeness (QED) is 0.751. The summed E-state index contributed by atoms with van der Waals surface area (Å²) in [5.41, 5.74) is 5.36. The molecular weight excluding hydrogens is 328 g/mol. The average Bonchev–Trinajstić information content (AvgIpc) is 2.65.